The molecule has 0 fully saturated rings. The van der Waals surface area contributed by atoms with Crippen molar-refractivity contribution >= 4 is 33.6 Å². The van der Waals surface area contributed by atoms with Crippen LogP contribution in [0.2, 0.25) is 0 Å². The average Bonchev–Trinajstić information content (AvgIpc) is 3.84. The van der Waals surface area contributed by atoms with E-state index in [0.717, 1.165) is 50.5 Å². The predicted molar refractivity (Wildman–Crippen MR) is 264 cm³/mol. The molecular formula is C60H39N3S. The van der Waals surface area contributed by atoms with Crippen molar-refractivity contribution in [3.8, 4) is 61.8 Å². The summed E-state index contributed by atoms with van der Waals surface area (Å²) >= 11 is 1.87. The molecule has 300 valence electrons. The van der Waals surface area contributed by atoms with Crippen molar-refractivity contribution in [2.24, 2.45) is 0 Å². The molecule has 0 amide bonds. The second kappa shape index (κ2) is 14.4. The lowest BCUT2D eigenvalue weighted by Gasteiger charge is -2.39. The normalized spacial score (nSPS) is 13.1. The first-order chi connectivity index (χ1) is 31.6. The molecule has 1 aliphatic carbocycles. The van der Waals surface area contributed by atoms with Gasteiger partial charge in [0.25, 0.3) is 0 Å². The molecule has 9 aromatic carbocycles. The Hall–Kier alpha value is -7.79. The summed E-state index contributed by atoms with van der Waals surface area (Å²) in [6, 6.07) is 79.6. The zero-order chi connectivity index (χ0) is 42.4. The Balaban J connectivity index is 0.991. The number of fused-ring (bicyclic) bond motifs is 12. The summed E-state index contributed by atoms with van der Waals surface area (Å²) in [7, 11) is 0. The molecule has 0 N–H and O–H groups in total. The molecule has 4 heteroatoms. The van der Waals surface area contributed by atoms with E-state index in [1.165, 1.54) is 65.0 Å². The Kier molecular flexibility index (Phi) is 8.28. The van der Waals surface area contributed by atoms with E-state index in [2.05, 4.69) is 230 Å². The van der Waals surface area contributed by atoms with Gasteiger partial charge in [-0.05, 0) is 124 Å². The van der Waals surface area contributed by atoms with Crippen LogP contribution in [0.4, 0.5) is 0 Å². The minimum Gasteiger partial charge on any atom is -0.309 e. The van der Waals surface area contributed by atoms with Gasteiger partial charge in [0.15, 0.2) is 5.82 Å². The SMILES string of the molecule is Cc1cc(-c2ccc3c(c2)c2ccccc2n3-c2ccccc2)cc(-c2nc(-c3ccccc3)cc(-c3ccc4c(c3)C3(c5ccccc5Sc5ccccc53)c3ccccc3-4)n2)c1. The molecular weight excluding hydrogens is 795 g/mol. The lowest BCUT2D eigenvalue weighted by molar-refractivity contribution is 0.722. The molecule has 0 bridgehead atoms. The van der Waals surface area contributed by atoms with Gasteiger partial charge in [-0.3, -0.25) is 0 Å². The first kappa shape index (κ1) is 36.8. The Bertz CT molecular complexity index is 3620. The van der Waals surface area contributed by atoms with Gasteiger partial charge in [-0.2, -0.15) is 0 Å². The molecule has 0 atom stereocenters. The standard InChI is InChI=1S/C60H39N3S/c1-38-32-42(40-29-31-56-48(35-40)47-21-9-13-25-55(47)63(56)44-18-6-3-7-19-44)34-43(33-38)59-61-53(39-16-4-2-5-17-39)37-54(62-59)41-28-30-46-45-20-8-10-22-49(45)60(52(46)36-41)50-23-11-14-26-57(50)64-58-27-15-12-24-51(58)60/h2-37H,1H3. The smallest absolute Gasteiger partial charge is 0.160 e. The minimum absolute atomic E-state index is 0.474. The molecule has 0 saturated carbocycles. The number of para-hydroxylation sites is 2. The molecule has 2 aliphatic rings. The maximum atomic E-state index is 5.48. The molecule has 3 heterocycles. The Labute approximate surface area is 376 Å². The highest BCUT2D eigenvalue weighted by atomic mass is 32.2. The number of hydrogen-bond acceptors (Lipinski definition) is 3. The monoisotopic (exact) mass is 833 g/mol. The summed E-state index contributed by atoms with van der Waals surface area (Å²) in [5.74, 6) is 0.700. The highest BCUT2D eigenvalue weighted by Gasteiger charge is 2.50. The molecule has 13 rings (SSSR count). The van der Waals surface area contributed by atoms with Gasteiger partial charge >= 0.3 is 0 Å². The third-order valence-corrected chi connectivity index (χ3v) is 14.4. The third-order valence-electron chi connectivity index (χ3n) is 13.3. The molecule has 0 saturated heterocycles. The Morgan fingerprint density at radius 2 is 0.984 bits per heavy atom. The van der Waals surface area contributed by atoms with Gasteiger partial charge in [-0.1, -0.05) is 163 Å². The van der Waals surface area contributed by atoms with Crippen molar-refractivity contribution < 1.29 is 0 Å². The van der Waals surface area contributed by atoms with E-state index in [-0.39, 0.29) is 0 Å². The van der Waals surface area contributed by atoms with Crippen LogP contribution >= 0.6 is 11.8 Å². The predicted octanol–water partition coefficient (Wildman–Crippen LogP) is 15.4. The van der Waals surface area contributed by atoms with E-state index >= 15 is 0 Å². The Morgan fingerprint density at radius 3 is 1.77 bits per heavy atom. The van der Waals surface area contributed by atoms with Gasteiger partial charge in [-0.25, -0.2) is 9.97 Å². The fourth-order valence-electron chi connectivity index (χ4n) is 10.6. The van der Waals surface area contributed by atoms with Crippen molar-refractivity contribution in [1.82, 2.24) is 14.5 Å². The van der Waals surface area contributed by atoms with Gasteiger partial charge in [0, 0.05) is 42.9 Å². The van der Waals surface area contributed by atoms with Crippen LogP contribution in [0.3, 0.4) is 0 Å². The first-order valence-corrected chi connectivity index (χ1v) is 22.7. The summed E-state index contributed by atoms with van der Waals surface area (Å²) in [5, 5.41) is 2.46. The molecule has 0 unspecified atom stereocenters. The summed E-state index contributed by atoms with van der Waals surface area (Å²) in [6.45, 7) is 2.17. The van der Waals surface area contributed by atoms with Crippen LogP contribution in [0.25, 0.3) is 83.6 Å². The van der Waals surface area contributed by atoms with E-state index < -0.39 is 5.41 Å². The van der Waals surface area contributed by atoms with Crippen LogP contribution in [-0.2, 0) is 5.41 Å². The summed E-state index contributed by atoms with van der Waals surface area (Å²) in [5.41, 5.74) is 19.2. The quantitative estimate of drug-likeness (QED) is 0.173. The maximum Gasteiger partial charge on any atom is 0.160 e. The topological polar surface area (TPSA) is 30.7 Å². The van der Waals surface area contributed by atoms with Crippen molar-refractivity contribution in [1.29, 1.82) is 0 Å². The molecule has 3 nitrogen and oxygen atoms in total. The van der Waals surface area contributed by atoms with Crippen molar-refractivity contribution in [2.45, 2.75) is 22.1 Å². The molecule has 64 heavy (non-hydrogen) atoms. The van der Waals surface area contributed by atoms with E-state index in [1.54, 1.807) is 0 Å². The van der Waals surface area contributed by atoms with E-state index in [9.17, 15) is 0 Å². The second-order valence-corrected chi connectivity index (χ2v) is 18.1. The molecule has 1 spiro atoms. The average molecular weight is 834 g/mol. The summed E-state index contributed by atoms with van der Waals surface area (Å²) in [6.07, 6.45) is 0. The lowest BCUT2D eigenvalue weighted by Crippen LogP contribution is -2.31. The van der Waals surface area contributed by atoms with Crippen LogP contribution < -0.4 is 0 Å². The number of benzene rings is 9. The van der Waals surface area contributed by atoms with Gasteiger partial charge in [0.05, 0.1) is 27.8 Å². The zero-order valence-corrected chi connectivity index (χ0v) is 35.9. The van der Waals surface area contributed by atoms with Gasteiger partial charge in [0.2, 0.25) is 0 Å². The highest BCUT2D eigenvalue weighted by Crippen LogP contribution is 2.62. The molecule has 11 aromatic rings. The van der Waals surface area contributed by atoms with Crippen LogP contribution in [0.15, 0.2) is 228 Å². The van der Waals surface area contributed by atoms with Gasteiger partial charge in [-0.15, -0.1) is 0 Å². The number of nitrogens with zero attached hydrogens (tertiary/aromatic N) is 3. The summed E-state index contributed by atoms with van der Waals surface area (Å²) < 4.78 is 2.37. The fourth-order valence-corrected chi connectivity index (χ4v) is 11.8. The number of aryl methyl sites for hydroxylation is 1. The van der Waals surface area contributed by atoms with Crippen molar-refractivity contribution in [3.05, 3.63) is 246 Å². The third kappa shape index (κ3) is 5.56. The van der Waals surface area contributed by atoms with Crippen LogP contribution in [0, 0.1) is 6.92 Å². The van der Waals surface area contributed by atoms with E-state index in [0.29, 0.717) is 5.82 Å². The number of hydrogen-bond donors (Lipinski definition) is 0. The maximum absolute atomic E-state index is 5.48. The van der Waals surface area contributed by atoms with E-state index in [4.69, 9.17) is 9.97 Å². The minimum atomic E-state index is -0.474. The molecule has 2 aromatic heterocycles. The van der Waals surface area contributed by atoms with Crippen molar-refractivity contribution in [3.63, 3.8) is 0 Å². The zero-order valence-electron chi connectivity index (χ0n) is 35.0. The van der Waals surface area contributed by atoms with Crippen LogP contribution in [0.1, 0.15) is 27.8 Å². The highest BCUT2D eigenvalue weighted by molar-refractivity contribution is 7.99. The van der Waals surface area contributed by atoms with E-state index in [1.807, 2.05) is 11.8 Å². The Morgan fingerprint density at radius 1 is 0.391 bits per heavy atom. The molecule has 0 radical (unpaired) electrons. The number of rotatable bonds is 5. The second-order valence-electron chi connectivity index (χ2n) is 17.0. The van der Waals surface area contributed by atoms with Gasteiger partial charge in [0.1, 0.15) is 0 Å². The summed E-state index contributed by atoms with van der Waals surface area (Å²) in [4.78, 5) is 13.4. The first-order valence-electron chi connectivity index (χ1n) is 21.9. The van der Waals surface area contributed by atoms with Crippen LogP contribution in [-0.4, -0.2) is 14.5 Å². The van der Waals surface area contributed by atoms with Crippen LogP contribution in [0.5, 0.6) is 0 Å². The number of aromatic nitrogens is 3. The largest absolute Gasteiger partial charge is 0.309 e. The van der Waals surface area contributed by atoms with Gasteiger partial charge < -0.3 is 4.57 Å². The lowest BCUT2D eigenvalue weighted by atomic mass is 9.67. The molecule has 1 aliphatic heterocycles. The fraction of sp³-hybridized carbons (Fsp3) is 0.0333. The van der Waals surface area contributed by atoms with Crippen molar-refractivity contribution in [2.75, 3.05) is 0 Å².